The maximum atomic E-state index is 9.30. The number of hydrogen-bond donors (Lipinski definition) is 2. The molecule has 0 bridgehead atoms. The standard InChI is InChI=1S/C13H20ClN3O/c1-8-12(14)16-9(2)17-13(8)15-6-10-4-3-5-11(10)7-18/h10-11,18H,3-7H2,1-2H3,(H,15,16,17). The molecule has 1 aromatic rings. The lowest BCUT2D eigenvalue weighted by atomic mass is 9.97. The molecule has 0 amide bonds. The first-order valence-electron chi connectivity index (χ1n) is 6.47. The number of halogens is 1. The molecule has 0 aliphatic heterocycles. The lowest BCUT2D eigenvalue weighted by molar-refractivity contribution is 0.199. The summed E-state index contributed by atoms with van der Waals surface area (Å²) in [4.78, 5) is 8.50. The zero-order chi connectivity index (χ0) is 13.1. The van der Waals surface area contributed by atoms with E-state index in [0.717, 1.165) is 24.3 Å². The van der Waals surface area contributed by atoms with Gasteiger partial charge in [0, 0.05) is 18.7 Å². The average molecular weight is 270 g/mol. The third-order valence-corrected chi connectivity index (χ3v) is 4.15. The van der Waals surface area contributed by atoms with Crippen LogP contribution in [0.4, 0.5) is 5.82 Å². The highest BCUT2D eigenvalue weighted by Gasteiger charge is 2.26. The summed E-state index contributed by atoms with van der Waals surface area (Å²) in [5, 5.41) is 13.2. The minimum atomic E-state index is 0.287. The molecule has 1 saturated carbocycles. The first-order valence-corrected chi connectivity index (χ1v) is 6.85. The predicted octanol–water partition coefficient (Wildman–Crippen LogP) is 2.57. The number of nitrogens with one attached hydrogen (secondary N) is 1. The summed E-state index contributed by atoms with van der Waals surface area (Å²) < 4.78 is 0. The van der Waals surface area contributed by atoms with Gasteiger partial charge in [0.25, 0.3) is 0 Å². The molecule has 1 aromatic heterocycles. The van der Waals surface area contributed by atoms with Crippen molar-refractivity contribution in [2.24, 2.45) is 11.8 Å². The molecule has 0 saturated heterocycles. The number of hydrogen-bond acceptors (Lipinski definition) is 4. The molecule has 4 nitrogen and oxygen atoms in total. The van der Waals surface area contributed by atoms with Crippen LogP contribution in [0.3, 0.4) is 0 Å². The highest BCUT2D eigenvalue weighted by Crippen LogP contribution is 2.31. The van der Waals surface area contributed by atoms with E-state index in [0.29, 0.717) is 22.8 Å². The Bertz CT molecular complexity index is 425. The van der Waals surface area contributed by atoms with E-state index < -0.39 is 0 Å². The molecule has 18 heavy (non-hydrogen) atoms. The van der Waals surface area contributed by atoms with E-state index in [2.05, 4.69) is 15.3 Å². The van der Waals surface area contributed by atoms with Crippen LogP contribution in [-0.4, -0.2) is 28.2 Å². The van der Waals surface area contributed by atoms with Gasteiger partial charge in [-0.3, -0.25) is 0 Å². The summed E-state index contributed by atoms with van der Waals surface area (Å²) in [6.07, 6.45) is 3.51. The van der Waals surface area contributed by atoms with Gasteiger partial charge in [-0.25, -0.2) is 9.97 Å². The lowest BCUT2D eigenvalue weighted by Crippen LogP contribution is -2.21. The molecule has 5 heteroatoms. The fourth-order valence-corrected chi connectivity index (χ4v) is 2.83. The molecule has 2 N–H and O–H groups in total. The average Bonchev–Trinajstić information content (AvgIpc) is 2.79. The van der Waals surface area contributed by atoms with Crippen molar-refractivity contribution >= 4 is 17.4 Å². The minimum absolute atomic E-state index is 0.287. The second kappa shape index (κ2) is 5.85. The van der Waals surface area contributed by atoms with Crippen molar-refractivity contribution in [3.8, 4) is 0 Å². The normalized spacial score (nSPS) is 23.3. The second-order valence-corrected chi connectivity index (χ2v) is 5.41. The molecule has 100 valence electrons. The zero-order valence-electron chi connectivity index (χ0n) is 10.9. The van der Waals surface area contributed by atoms with Gasteiger partial charge in [-0.2, -0.15) is 0 Å². The van der Waals surface area contributed by atoms with E-state index in [1.165, 1.54) is 12.8 Å². The molecule has 0 radical (unpaired) electrons. The SMILES string of the molecule is Cc1nc(Cl)c(C)c(NCC2CCCC2CO)n1. The van der Waals surface area contributed by atoms with Crippen molar-refractivity contribution in [3.05, 3.63) is 16.5 Å². The van der Waals surface area contributed by atoms with Gasteiger partial charge in [-0.1, -0.05) is 18.0 Å². The van der Waals surface area contributed by atoms with Crippen molar-refractivity contribution in [1.82, 2.24) is 9.97 Å². The zero-order valence-corrected chi connectivity index (χ0v) is 11.7. The highest BCUT2D eigenvalue weighted by molar-refractivity contribution is 6.30. The second-order valence-electron chi connectivity index (χ2n) is 5.05. The summed E-state index contributed by atoms with van der Waals surface area (Å²) in [6, 6.07) is 0. The van der Waals surface area contributed by atoms with Crippen LogP contribution in [0.5, 0.6) is 0 Å². The Balaban J connectivity index is 2.02. The molecular weight excluding hydrogens is 250 g/mol. The largest absolute Gasteiger partial charge is 0.396 e. The predicted molar refractivity (Wildman–Crippen MR) is 72.9 cm³/mol. The molecule has 0 aromatic carbocycles. The van der Waals surface area contributed by atoms with Gasteiger partial charge in [0.2, 0.25) is 0 Å². The van der Waals surface area contributed by atoms with E-state index in [-0.39, 0.29) is 6.61 Å². The van der Waals surface area contributed by atoms with Crippen molar-refractivity contribution in [1.29, 1.82) is 0 Å². The van der Waals surface area contributed by atoms with Gasteiger partial charge in [-0.15, -0.1) is 0 Å². The van der Waals surface area contributed by atoms with Gasteiger partial charge in [0.15, 0.2) is 0 Å². The minimum Gasteiger partial charge on any atom is -0.396 e. The van der Waals surface area contributed by atoms with Gasteiger partial charge in [0.1, 0.15) is 16.8 Å². The summed E-state index contributed by atoms with van der Waals surface area (Å²) in [5.74, 6) is 2.45. The van der Waals surface area contributed by atoms with E-state index in [9.17, 15) is 5.11 Å². The topological polar surface area (TPSA) is 58.0 Å². The van der Waals surface area contributed by atoms with Gasteiger partial charge in [-0.05, 0) is 38.5 Å². The van der Waals surface area contributed by atoms with Crippen molar-refractivity contribution in [2.45, 2.75) is 33.1 Å². The number of aromatic nitrogens is 2. The first-order chi connectivity index (χ1) is 8.61. The molecule has 0 spiro atoms. The molecule has 1 aliphatic rings. The highest BCUT2D eigenvalue weighted by atomic mass is 35.5. The molecule has 1 aliphatic carbocycles. The maximum Gasteiger partial charge on any atom is 0.137 e. The number of anilines is 1. The smallest absolute Gasteiger partial charge is 0.137 e. The fraction of sp³-hybridized carbons (Fsp3) is 0.692. The third kappa shape index (κ3) is 2.93. The fourth-order valence-electron chi connectivity index (χ4n) is 2.62. The number of aliphatic hydroxyl groups excluding tert-OH is 1. The Morgan fingerprint density at radius 3 is 2.72 bits per heavy atom. The quantitative estimate of drug-likeness (QED) is 0.825. The number of rotatable bonds is 4. The lowest BCUT2D eigenvalue weighted by Gasteiger charge is -2.19. The van der Waals surface area contributed by atoms with Crippen LogP contribution < -0.4 is 5.32 Å². The monoisotopic (exact) mass is 269 g/mol. The molecule has 1 heterocycles. The molecule has 2 atom stereocenters. The van der Waals surface area contributed by atoms with Crippen LogP contribution in [-0.2, 0) is 0 Å². The van der Waals surface area contributed by atoms with Crippen LogP contribution in [0, 0.1) is 25.7 Å². The molecular formula is C13H20ClN3O. The Morgan fingerprint density at radius 1 is 1.28 bits per heavy atom. The summed E-state index contributed by atoms with van der Waals surface area (Å²) in [7, 11) is 0. The third-order valence-electron chi connectivity index (χ3n) is 3.78. The van der Waals surface area contributed by atoms with E-state index in [1.807, 2.05) is 13.8 Å². The Kier molecular flexibility index (Phi) is 4.40. The van der Waals surface area contributed by atoms with Crippen molar-refractivity contribution in [2.75, 3.05) is 18.5 Å². The van der Waals surface area contributed by atoms with Crippen LogP contribution in [0.2, 0.25) is 5.15 Å². The van der Waals surface area contributed by atoms with Crippen LogP contribution in [0.1, 0.15) is 30.7 Å². The first kappa shape index (κ1) is 13.6. The maximum absolute atomic E-state index is 9.30. The van der Waals surface area contributed by atoms with Crippen LogP contribution >= 0.6 is 11.6 Å². The van der Waals surface area contributed by atoms with E-state index in [1.54, 1.807) is 0 Å². The Labute approximate surface area is 113 Å². The summed E-state index contributed by atoms with van der Waals surface area (Å²) in [6.45, 7) is 4.89. The molecule has 2 rings (SSSR count). The number of nitrogens with zero attached hydrogens (tertiary/aromatic N) is 2. The summed E-state index contributed by atoms with van der Waals surface area (Å²) in [5.41, 5.74) is 0.890. The van der Waals surface area contributed by atoms with Gasteiger partial charge in [0.05, 0.1) is 0 Å². The van der Waals surface area contributed by atoms with E-state index >= 15 is 0 Å². The number of aliphatic hydroxyl groups is 1. The molecule has 2 unspecified atom stereocenters. The Hall–Kier alpha value is -0.870. The Morgan fingerprint density at radius 2 is 2.00 bits per heavy atom. The van der Waals surface area contributed by atoms with E-state index in [4.69, 9.17) is 11.6 Å². The van der Waals surface area contributed by atoms with Crippen LogP contribution in [0.15, 0.2) is 0 Å². The number of aryl methyl sites for hydroxylation is 1. The van der Waals surface area contributed by atoms with Crippen LogP contribution in [0.25, 0.3) is 0 Å². The molecule has 1 fully saturated rings. The van der Waals surface area contributed by atoms with Crippen molar-refractivity contribution < 1.29 is 5.11 Å². The van der Waals surface area contributed by atoms with Gasteiger partial charge < -0.3 is 10.4 Å². The summed E-state index contributed by atoms with van der Waals surface area (Å²) >= 11 is 6.04. The van der Waals surface area contributed by atoms with Crippen molar-refractivity contribution in [3.63, 3.8) is 0 Å². The van der Waals surface area contributed by atoms with Gasteiger partial charge >= 0.3 is 0 Å².